The fourth-order valence-corrected chi connectivity index (χ4v) is 4.73. The summed E-state index contributed by atoms with van der Waals surface area (Å²) in [6, 6.07) is 9.28. The van der Waals surface area contributed by atoms with Crippen LogP contribution in [0.3, 0.4) is 0 Å². The van der Waals surface area contributed by atoms with E-state index < -0.39 is 28.5 Å². The summed E-state index contributed by atoms with van der Waals surface area (Å²) < 4.78 is 26.4. The molecular weight excluding hydrogens is 497 g/mol. The maximum atomic E-state index is 13.5. The Kier molecular flexibility index (Phi) is 9.39. The quantitative estimate of drug-likeness (QED) is 0.526. The standard InChI is InChI=1S/C24H31Cl2N3O4S/c1-15(2)27-24(31)18(5)28(13-19-8-9-20(25)21(26)12-19)23(30)14-29(34(6,32)33)22-10-7-16(3)11-17(22)4/h7-12,15,18H,13-14H2,1-6H3,(H,27,31)/t18-/m0/s1. The molecule has 0 unspecified atom stereocenters. The molecule has 186 valence electrons. The van der Waals surface area contributed by atoms with Crippen LogP contribution in [0.1, 0.15) is 37.5 Å². The summed E-state index contributed by atoms with van der Waals surface area (Å²) in [7, 11) is -3.79. The second-order valence-electron chi connectivity index (χ2n) is 8.67. The lowest BCUT2D eigenvalue weighted by atomic mass is 10.1. The van der Waals surface area contributed by atoms with Gasteiger partial charge < -0.3 is 10.2 Å². The molecule has 0 saturated heterocycles. The number of halogens is 2. The summed E-state index contributed by atoms with van der Waals surface area (Å²) in [6.45, 7) is 8.53. The second kappa shape index (κ2) is 11.4. The number of aryl methyl sites for hydroxylation is 2. The minimum Gasteiger partial charge on any atom is -0.352 e. The molecule has 0 bridgehead atoms. The van der Waals surface area contributed by atoms with E-state index >= 15 is 0 Å². The molecule has 2 aromatic rings. The molecule has 10 heteroatoms. The SMILES string of the molecule is Cc1ccc(N(CC(=O)N(Cc2ccc(Cl)c(Cl)c2)[C@@H](C)C(=O)NC(C)C)S(C)(=O)=O)c(C)c1. The van der Waals surface area contributed by atoms with Crippen LogP contribution in [0, 0.1) is 13.8 Å². The van der Waals surface area contributed by atoms with E-state index in [4.69, 9.17) is 23.2 Å². The van der Waals surface area contributed by atoms with Crippen molar-refractivity contribution in [2.45, 2.75) is 53.2 Å². The van der Waals surface area contributed by atoms with Crippen molar-refractivity contribution in [2.75, 3.05) is 17.1 Å². The van der Waals surface area contributed by atoms with Crippen LogP contribution in [-0.4, -0.2) is 50.0 Å². The Morgan fingerprint density at radius 3 is 2.18 bits per heavy atom. The number of carbonyl (C=O) groups is 2. The zero-order valence-electron chi connectivity index (χ0n) is 20.2. The third-order valence-corrected chi connectivity index (χ3v) is 7.10. The van der Waals surface area contributed by atoms with Gasteiger partial charge in [-0.1, -0.05) is 47.0 Å². The third kappa shape index (κ3) is 7.35. The predicted molar refractivity (Wildman–Crippen MR) is 138 cm³/mol. The average Bonchev–Trinajstić information content (AvgIpc) is 2.71. The van der Waals surface area contributed by atoms with Crippen LogP contribution in [0.4, 0.5) is 5.69 Å². The molecule has 0 spiro atoms. The first-order valence-electron chi connectivity index (χ1n) is 10.8. The van der Waals surface area contributed by atoms with Crippen LogP contribution < -0.4 is 9.62 Å². The maximum Gasteiger partial charge on any atom is 0.244 e. The van der Waals surface area contributed by atoms with Gasteiger partial charge >= 0.3 is 0 Å². The van der Waals surface area contributed by atoms with Gasteiger partial charge in [0.1, 0.15) is 12.6 Å². The molecule has 0 aromatic heterocycles. The molecule has 1 N–H and O–H groups in total. The van der Waals surface area contributed by atoms with Crippen LogP contribution in [0.25, 0.3) is 0 Å². The van der Waals surface area contributed by atoms with Gasteiger partial charge in [-0.3, -0.25) is 13.9 Å². The molecule has 1 atom stereocenters. The zero-order valence-corrected chi connectivity index (χ0v) is 22.6. The Hall–Kier alpha value is -2.29. The summed E-state index contributed by atoms with van der Waals surface area (Å²) in [5.41, 5.74) is 2.76. The molecule has 0 radical (unpaired) electrons. The highest BCUT2D eigenvalue weighted by Gasteiger charge is 2.30. The predicted octanol–water partition coefficient (Wildman–Crippen LogP) is 4.32. The first kappa shape index (κ1) is 28.0. The molecule has 0 fully saturated rings. The Morgan fingerprint density at radius 2 is 1.65 bits per heavy atom. The largest absolute Gasteiger partial charge is 0.352 e. The van der Waals surface area contributed by atoms with Crippen molar-refractivity contribution in [1.82, 2.24) is 10.2 Å². The topological polar surface area (TPSA) is 86.8 Å². The van der Waals surface area contributed by atoms with Crippen molar-refractivity contribution in [1.29, 1.82) is 0 Å². The molecule has 2 aromatic carbocycles. The van der Waals surface area contributed by atoms with Gasteiger partial charge in [-0.2, -0.15) is 0 Å². The van der Waals surface area contributed by atoms with E-state index in [2.05, 4.69) is 5.32 Å². The van der Waals surface area contributed by atoms with E-state index in [0.717, 1.165) is 21.7 Å². The number of nitrogens with zero attached hydrogens (tertiary/aromatic N) is 2. The zero-order chi connectivity index (χ0) is 25.8. The summed E-state index contributed by atoms with van der Waals surface area (Å²) in [5.74, 6) is -0.872. The van der Waals surface area contributed by atoms with Crippen molar-refractivity contribution in [3.8, 4) is 0 Å². The van der Waals surface area contributed by atoms with Crippen LogP contribution in [0.2, 0.25) is 10.0 Å². The minimum absolute atomic E-state index is 0.0485. The summed E-state index contributed by atoms with van der Waals surface area (Å²) in [5, 5.41) is 3.49. The lowest BCUT2D eigenvalue weighted by Gasteiger charge is -2.32. The van der Waals surface area contributed by atoms with Crippen LogP contribution in [0.5, 0.6) is 0 Å². The number of nitrogens with one attached hydrogen (secondary N) is 1. The van der Waals surface area contributed by atoms with E-state index in [1.54, 1.807) is 44.2 Å². The van der Waals surface area contributed by atoms with Crippen molar-refractivity contribution < 1.29 is 18.0 Å². The summed E-state index contributed by atoms with van der Waals surface area (Å²) in [4.78, 5) is 27.6. The van der Waals surface area contributed by atoms with Gasteiger partial charge in [0.2, 0.25) is 21.8 Å². The van der Waals surface area contributed by atoms with E-state index in [-0.39, 0.29) is 18.5 Å². The van der Waals surface area contributed by atoms with Gasteiger partial charge in [-0.05, 0) is 63.9 Å². The Morgan fingerprint density at radius 1 is 1.00 bits per heavy atom. The molecule has 0 aliphatic carbocycles. The van der Waals surface area contributed by atoms with E-state index in [1.807, 2.05) is 26.8 Å². The van der Waals surface area contributed by atoms with Crippen LogP contribution >= 0.6 is 23.2 Å². The van der Waals surface area contributed by atoms with Gasteiger partial charge in [0.15, 0.2) is 0 Å². The molecule has 2 rings (SSSR count). The minimum atomic E-state index is -3.79. The van der Waals surface area contributed by atoms with E-state index in [9.17, 15) is 18.0 Å². The number of rotatable bonds is 9. The van der Waals surface area contributed by atoms with Gasteiger partial charge in [0.05, 0.1) is 22.0 Å². The maximum absolute atomic E-state index is 13.5. The molecule has 0 aliphatic rings. The first-order valence-corrected chi connectivity index (χ1v) is 13.4. The first-order chi connectivity index (χ1) is 15.7. The molecule has 7 nitrogen and oxygen atoms in total. The molecular formula is C24H31Cl2N3O4S. The molecule has 2 amide bonds. The van der Waals surface area contributed by atoms with Gasteiger partial charge in [0.25, 0.3) is 0 Å². The Labute approximate surface area is 212 Å². The average molecular weight is 529 g/mol. The Balaban J connectivity index is 2.44. The summed E-state index contributed by atoms with van der Waals surface area (Å²) >= 11 is 12.2. The molecule has 0 heterocycles. The van der Waals surface area contributed by atoms with Crippen molar-refractivity contribution in [3.63, 3.8) is 0 Å². The number of benzene rings is 2. The highest BCUT2D eigenvalue weighted by atomic mass is 35.5. The van der Waals surface area contributed by atoms with Crippen molar-refractivity contribution in [2.24, 2.45) is 0 Å². The van der Waals surface area contributed by atoms with Gasteiger partial charge in [-0.25, -0.2) is 8.42 Å². The fourth-order valence-electron chi connectivity index (χ4n) is 3.50. The fraction of sp³-hybridized carbons (Fsp3) is 0.417. The molecule has 34 heavy (non-hydrogen) atoms. The third-order valence-electron chi connectivity index (χ3n) is 5.24. The summed E-state index contributed by atoms with van der Waals surface area (Å²) in [6.07, 6.45) is 1.05. The van der Waals surface area contributed by atoms with Crippen LogP contribution in [-0.2, 0) is 26.2 Å². The number of sulfonamides is 1. The van der Waals surface area contributed by atoms with E-state index in [0.29, 0.717) is 21.3 Å². The molecule has 0 saturated carbocycles. The molecule has 0 aliphatic heterocycles. The number of anilines is 1. The lowest BCUT2D eigenvalue weighted by molar-refractivity contribution is -0.139. The number of carbonyl (C=O) groups excluding carboxylic acids is 2. The van der Waals surface area contributed by atoms with Crippen LogP contribution in [0.15, 0.2) is 36.4 Å². The van der Waals surface area contributed by atoms with Crippen molar-refractivity contribution in [3.05, 3.63) is 63.1 Å². The normalized spacial score (nSPS) is 12.4. The lowest BCUT2D eigenvalue weighted by Crippen LogP contribution is -2.52. The highest BCUT2D eigenvalue weighted by molar-refractivity contribution is 7.92. The highest BCUT2D eigenvalue weighted by Crippen LogP contribution is 2.26. The smallest absolute Gasteiger partial charge is 0.244 e. The number of hydrogen-bond acceptors (Lipinski definition) is 4. The van der Waals surface area contributed by atoms with E-state index in [1.165, 1.54) is 4.90 Å². The monoisotopic (exact) mass is 527 g/mol. The second-order valence-corrected chi connectivity index (χ2v) is 11.4. The number of hydrogen-bond donors (Lipinski definition) is 1. The van der Waals surface area contributed by atoms with Gasteiger partial charge in [-0.15, -0.1) is 0 Å². The Bertz CT molecular complexity index is 1170. The number of amides is 2. The van der Waals surface area contributed by atoms with Gasteiger partial charge in [0, 0.05) is 12.6 Å². The van der Waals surface area contributed by atoms with Crippen molar-refractivity contribution >= 4 is 50.7 Å².